The van der Waals surface area contributed by atoms with Crippen LogP contribution in [0.1, 0.15) is 52.8 Å². The average molecular weight is 461 g/mol. The van der Waals surface area contributed by atoms with E-state index in [0.717, 1.165) is 44.8 Å². The second-order valence-electron chi connectivity index (χ2n) is 8.81. The molecule has 1 saturated heterocycles. The first kappa shape index (κ1) is 21.8. The van der Waals surface area contributed by atoms with E-state index in [1.165, 1.54) is 19.4 Å². The van der Waals surface area contributed by atoms with Crippen LogP contribution in [0.3, 0.4) is 0 Å². The van der Waals surface area contributed by atoms with Crippen molar-refractivity contribution < 1.29 is 9.59 Å². The third-order valence-electron chi connectivity index (χ3n) is 6.70. The number of fused-ring (bicyclic) bond motifs is 3. The SMILES string of the molecule is CNC(=O)c1ccc(-c2cn3c(n2)sc2cc(C(=O)CCC[C@@H]4CCCN4C)ccc23)cc1. The van der Waals surface area contributed by atoms with Crippen LogP contribution in [-0.4, -0.2) is 52.7 Å². The molecule has 170 valence electrons. The summed E-state index contributed by atoms with van der Waals surface area (Å²) in [5.41, 5.74) is 4.30. The molecule has 6 nitrogen and oxygen atoms in total. The van der Waals surface area contributed by atoms with Crippen molar-refractivity contribution in [3.63, 3.8) is 0 Å². The molecule has 2 aromatic heterocycles. The maximum Gasteiger partial charge on any atom is 0.251 e. The maximum absolute atomic E-state index is 12.8. The van der Waals surface area contributed by atoms with E-state index in [-0.39, 0.29) is 11.7 Å². The molecule has 1 N–H and O–H groups in total. The minimum Gasteiger partial charge on any atom is -0.355 e. The molecule has 2 aromatic carbocycles. The number of nitrogens with one attached hydrogen (secondary N) is 1. The van der Waals surface area contributed by atoms with Crippen LogP contribution in [0, 0.1) is 0 Å². The highest BCUT2D eigenvalue weighted by molar-refractivity contribution is 7.23. The van der Waals surface area contributed by atoms with E-state index in [2.05, 4.69) is 21.7 Å². The van der Waals surface area contributed by atoms with Crippen LogP contribution >= 0.6 is 11.3 Å². The quantitative estimate of drug-likeness (QED) is 0.393. The van der Waals surface area contributed by atoms with Crippen molar-refractivity contribution in [1.29, 1.82) is 0 Å². The predicted molar refractivity (Wildman–Crippen MR) is 133 cm³/mol. The molecule has 0 spiro atoms. The Morgan fingerprint density at radius 2 is 1.94 bits per heavy atom. The number of carbonyl (C=O) groups excluding carboxylic acids is 2. The molecule has 1 atom stereocenters. The summed E-state index contributed by atoms with van der Waals surface area (Å²) in [7, 11) is 3.81. The Kier molecular flexibility index (Phi) is 6.00. The second kappa shape index (κ2) is 9.08. The fourth-order valence-electron chi connectivity index (χ4n) is 4.74. The normalized spacial score (nSPS) is 16.6. The van der Waals surface area contributed by atoms with Gasteiger partial charge in [0.15, 0.2) is 10.7 Å². The van der Waals surface area contributed by atoms with Gasteiger partial charge in [-0.3, -0.25) is 14.0 Å². The van der Waals surface area contributed by atoms with E-state index < -0.39 is 0 Å². The summed E-state index contributed by atoms with van der Waals surface area (Å²) in [5.74, 6) is 0.120. The minimum absolute atomic E-state index is 0.102. The largest absolute Gasteiger partial charge is 0.355 e. The molecule has 0 unspecified atom stereocenters. The Balaban J connectivity index is 1.31. The van der Waals surface area contributed by atoms with Crippen LogP contribution in [0.2, 0.25) is 0 Å². The van der Waals surface area contributed by atoms with Crippen LogP contribution in [0.5, 0.6) is 0 Å². The number of imidazole rings is 1. The van der Waals surface area contributed by atoms with E-state index >= 15 is 0 Å². The van der Waals surface area contributed by atoms with Gasteiger partial charge in [-0.25, -0.2) is 4.98 Å². The summed E-state index contributed by atoms with van der Waals surface area (Å²) in [6.07, 6.45) is 7.20. The molecule has 0 saturated carbocycles. The molecule has 0 radical (unpaired) electrons. The molecule has 0 aliphatic carbocycles. The second-order valence-corrected chi connectivity index (χ2v) is 9.82. The van der Waals surface area contributed by atoms with Crippen molar-refractivity contribution in [1.82, 2.24) is 19.6 Å². The van der Waals surface area contributed by atoms with Gasteiger partial charge in [-0.2, -0.15) is 0 Å². The number of amides is 1. The number of likely N-dealkylation sites (tertiary alicyclic amines) is 1. The van der Waals surface area contributed by atoms with E-state index in [1.807, 2.05) is 48.7 Å². The van der Waals surface area contributed by atoms with Gasteiger partial charge in [0.1, 0.15) is 0 Å². The first-order valence-corrected chi connectivity index (χ1v) is 12.3. The minimum atomic E-state index is -0.102. The van der Waals surface area contributed by atoms with E-state index in [4.69, 9.17) is 4.98 Å². The lowest BCUT2D eigenvalue weighted by molar-refractivity contribution is 0.0959. The number of carbonyl (C=O) groups is 2. The highest BCUT2D eigenvalue weighted by Crippen LogP contribution is 2.31. The molecule has 4 aromatic rings. The number of rotatable bonds is 7. The molecule has 1 aliphatic heterocycles. The van der Waals surface area contributed by atoms with Crippen LogP contribution < -0.4 is 5.32 Å². The Morgan fingerprint density at radius 1 is 1.15 bits per heavy atom. The molecule has 33 heavy (non-hydrogen) atoms. The van der Waals surface area contributed by atoms with Crippen LogP contribution in [0.15, 0.2) is 48.7 Å². The molecule has 5 rings (SSSR count). The number of hydrogen-bond acceptors (Lipinski definition) is 5. The summed E-state index contributed by atoms with van der Waals surface area (Å²) in [6.45, 7) is 1.18. The Bertz CT molecular complexity index is 1320. The number of hydrogen-bond donors (Lipinski definition) is 1. The van der Waals surface area contributed by atoms with Crippen LogP contribution in [-0.2, 0) is 0 Å². The fraction of sp³-hybridized carbons (Fsp3) is 0.346. The first-order valence-electron chi connectivity index (χ1n) is 11.5. The lowest BCUT2D eigenvalue weighted by Gasteiger charge is -2.18. The number of aromatic nitrogens is 2. The third-order valence-corrected chi connectivity index (χ3v) is 7.72. The van der Waals surface area contributed by atoms with E-state index in [1.54, 1.807) is 18.4 Å². The highest BCUT2D eigenvalue weighted by Gasteiger charge is 2.21. The Hall–Kier alpha value is -3.03. The predicted octanol–water partition coefficient (Wildman–Crippen LogP) is 5.02. The maximum atomic E-state index is 12.8. The van der Waals surface area contributed by atoms with Gasteiger partial charge >= 0.3 is 0 Å². The standard InChI is InChI=1S/C26H28N4O2S/c1-27-25(32)18-10-8-17(9-11-18)21-16-30-22-13-12-19(15-24(22)33-26(30)28-21)23(31)7-3-5-20-6-4-14-29(20)2/h8-13,15-16,20H,3-7,14H2,1-2H3,(H,27,32)/t20-/m1/s1. The number of Topliss-reactive ketones (excluding diaryl/α,β-unsaturated/α-hetero) is 1. The van der Waals surface area contributed by atoms with Gasteiger partial charge in [-0.05, 0) is 69.6 Å². The summed E-state index contributed by atoms with van der Waals surface area (Å²) in [6, 6.07) is 14.1. The van der Waals surface area contributed by atoms with Crippen molar-refractivity contribution in [3.8, 4) is 11.3 Å². The van der Waals surface area contributed by atoms with Gasteiger partial charge in [0.2, 0.25) is 0 Å². The van der Waals surface area contributed by atoms with Gasteiger partial charge in [-0.15, -0.1) is 0 Å². The zero-order valence-electron chi connectivity index (χ0n) is 19.0. The van der Waals surface area contributed by atoms with Gasteiger partial charge in [0.05, 0.1) is 15.9 Å². The van der Waals surface area contributed by atoms with Crippen LogP contribution in [0.25, 0.3) is 26.4 Å². The molecule has 7 heteroatoms. The number of ketones is 1. The molecule has 1 fully saturated rings. The zero-order valence-corrected chi connectivity index (χ0v) is 19.8. The number of thiazole rings is 1. The molecular formula is C26H28N4O2S. The topological polar surface area (TPSA) is 66.7 Å². The molecule has 0 bridgehead atoms. The number of benzene rings is 2. The molecule has 3 heterocycles. The lowest BCUT2D eigenvalue weighted by Crippen LogP contribution is -2.24. The Morgan fingerprint density at radius 3 is 2.67 bits per heavy atom. The van der Waals surface area contributed by atoms with Gasteiger partial charge < -0.3 is 10.2 Å². The summed E-state index contributed by atoms with van der Waals surface area (Å²) < 4.78 is 3.15. The van der Waals surface area contributed by atoms with Crippen molar-refractivity contribution in [3.05, 3.63) is 59.8 Å². The van der Waals surface area contributed by atoms with E-state index in [0.29, 0.717) is 18.0 Å². The van der Waals surface area contributed by atoms with Crippen LogP contribution in [0.4, 0.5) is 0 Å². The number of nitrogens with zero attached hydrogens (tertiary/aromatic N) is 3. The monoisotopic (exact) mass is 460 g/mol. The highest BCUT2D eigenvalue weighted by atomic mass is 32.1. The van der Waals surface area contributed by atoms with Crippen molar-refractivity contribution in [2.75, 3.05) is 20.6 Å². The van der Waals surface area contributed by atoms with Gasteiger partial charge in [0.25, 0.3) is 5.91 Å². The fourth-order valence-corrected chi connectivity index (χ4v) is 5.78. The van der Waals surface area contributed by atoms with Gasteiger partial charge in [-0.1, -0.05) is 23.5 Å². The smallest absolute Gasteiger partial charge is 0.251 e. The molecule has 1 aliphatic rings. The van der Waals surface area contributed by atoms with Crippen molar-refractivity contribution >= 4 is 38.2 Å². The van der Waals surface area contributed by atoms with Crippen molar-refractivity contribution in [2.24, 2.45) is 0 Å². The van der Waals surface area contributed by atoms with E-state index in [9.17, 15) is 9.59 Å². The summed E-state index contributed by atoms with van der Waals surface area (Å²) >= 11 is 1.59. The summed E-state index contributed by atoms with van der Waals surface area (Å²) in [4.78, 5) is 32.6. The zero-order chi connectivity index (χ0) is 22.9. The average Bonchev–Trinajstić information content (AvgIpc) is 3.52. The first-order chi connectivity index (χ1) is 16.0. The third kappa shape index (κ3) is 4.30. The molecular weight excluding hydrogens is 432 g/mol. The summed E-state index contributed by atoms with van der Waals surface area (Å²) in [5, 5.41) is 2.63. The molecule has 1 amide bonds. The van der Waals surface area contributed by atoms with Gasteiger partial charge in [0, 0.05) is 42.4 Å². The van der Waals surface area contributed by atoms with Crippen molar-refractivity contribution in [2.45, 2.75) is 38.1 Å². The lowest BCUT2D eigenvalue weighted by atomic mass is 10.0. The Labute approximate surface area is 197 Å².